The zero-order valence-corrected chi connectivity index (χ0v) is 16.9. The van der Waals surface area contributed by atoms with Crippen molar-refractivity contribution in [1.29, 1.82) is 0 Å². The van der Waals surface area contributed by atoms with Gasteiger partial charge in [0.2, 0.25) is 0 Å². The average Bonchev–Trinajstić information content (AvgIpc) is 3.16. The second kappa shape index (κ2) is 9.47. The monoisotopic (exact) mass is 412 g/mol. The maximum atomic E-state index is 13.0. The molecule has 8 heteroatoms. The molecule has 0 bridgehead atoms. The van der Waals surface area contributed by atoms with Gasteiger partial charge in [0.15, 0.2) is 16.8 Å². The molecule has 0 aliphatic carbocycles. The first-order chi connectivity index (χ1) is 14.0. The predicted octanol–water partition coefficient (Wildman–Crippen LogP) is 3.90. The Kier molecular flexibility index (Phi) is 6.77. The Morgan fingerprint density at radius 2 is 1.76 bits per heavy atom. The molecule has 1 atom stereocenters. The number of halogens is 1. The summed E-state index contributed by atoms with van der Waals surface area (Å²) in [5, 5.41) is 11.9. The molecule has 1 aromatic heterocycles. The Labute approximate surface area is 172 Å². The van der Waals surface area contributed by atoms with Crippen LogP contribution in [0.25, 0.3) is 0 Å². The van der Waals surface area contributed by atoms with Gasteiger partial charge in [0.05, 0.1) is 11.8 Å². The predicted molar refractivity (Wildman–Crippen MR) is 109 cm³/mol. The van der Waals surface area contributed by atoms with Gasteiger partial charge in [-0.2, -0.15) is 0 Å². The summed E-state index contributed by atoms with van der Waals surface area (Å²) >= 11 is 1.27. The SMILES string of the molecule is CCn1c(SCC(=O)c2ccc(F)cc2)nnc1[C@H](C)NC(=O)c1ccccc1. The Bertz CT molecular complexity index is 990. The molecule has 6 nitrogen and oxygen atoms in total. The normalized spacial score (nSPS) is 11.8. The van der Waals surface area contributed by atoms with Gasteiger partial charge in [0, 0.05) is 17.7 Å². The largest absolute Gasteiger partial charge is 0.342 e. The minimum absolute atomic E-state index is 0.118. The maximum absolute atomic E-state index is 13.0. The van der Waals surface area contributed by atoms with E-state index in [4.69, 9.17) is 0 Å². The van der Waals surface area contributed by atoms with Crippen LogP contribution in [0.5, 0.6) is 0 Å². The third-order valence-corrected chi connectivity index (χ3v) is 5.30. The highest BCUT2D eigenvalue weighted by Gasteiger charge is 2.20. The lowest BCUT2D eigenvalue weighted by Gasteiger charge is -2.15. The van der Waals surface area contributed by atoms with Gasteiger partial charge in [-0.1, -0.05) is 30.0 Å². The smallest absolute Gasteiger partial charge is 0.251 e. The minimum atomic E-state index is -0.379. The van der Waals surface area contributed by atoms with E-state index in [1.54, 1.807) is 24.3 Å². The number of hydrogen-bond donors (Lipinski definition) is 1. The molecule has 1 N–H and O–H groups in total. The molecule has 0 spiro atoms. The quantitative estimate of drug-likeness (QED) is 0.448. The lowest BCUT2D eigenvalue weighted by Crippen LogP contribution is -2.28. The van der Waals surface area contributed by atoms with E-state index >= 15 is 0 Å². The molecule has 0 radical (unpaired) electrons. The zero-order chi connectivity index (χ0) is 20.8. The van der Waals surface area contributed by atoms with Crippen LogP contribution in [0, 0.1) is 5.82 Å². The number of nitrogens with zero attached hydrogens (tertiary/aromatic N) is 3. The molecular formula is C21H21FN4O2S. The van der Waals surface area contributed by atoms with Crippen LogP contribution >= 0.6 is 11.8 Å². The van der Waals surface area contributed by atoms with Crippen molar-refractivity contribution in [1.82, 2.24) is 20.1 Å². The fourth-order valence-electron chi connectivity index (χ4n) is 2.81. The zero-order valence-electron chi connectivity index (χ0n) is 16.1. The maximum Gasteiger partial charge on any atom is 0.251 e. The number of carbonyl (C=O) groups is 2. The van der Waals surface area contributed by atoms with Crippen LogP contribution in [0.4, 0.5) is 4.39 Å². The number of hydrogen-bond acceptors (Lipinski definition) is 5. The molecule has 0 fully saturated rings. The topological polar surface area (TPSA) is 76.9 Å². The van der Waals surface area contributed by atoms with Crippen LogP contribution in [0.2, 0.25) is 0 Å². The number of carbonyl (C=O) groups excluding carboxylic acids is 2. The second-order valence-corrected chi connectivity index (χ2v) is 7.31. The van der Waals surface area contributed by atoms with Gasteiger partial charge >= 0.3 is 0 Å². The van der Waals surface area contributed by atoms with Crippen molar-refractivity contribution < 1.29 is 14.0 Å². The average molecular weight is 412 g/mol. The molecule has 3 aromatic rings. The first-order valence-electron chi connectivity index (χ1n) is 9.20. The van der Waals surface area contributed by atoms with E-state index in [0.29, 0.717) is 28.7 Å². The third-order valence-electron chi connectivity index (χ3n) is 4.33. The van der Waals surface area contributed by atoms with Gasteiger partial charge in [-0.15, -0.1) is 10.2 Å². The number of rotatable bonds is 8. The van der Waals surface area contributed by atoms with Crippen LogP contribution in [0.15, 0.2) is 59.8 Å². The van der Waals surface area contributed by atoms with Crippen LogP contribution in [0.3, 0.4) is 0 Å². The van der Waals surface area contributed by atoms with E-state index in [1.165, 1.54) is 36.0 Å². The molecule has 3 rings (SSSR count). The number of benzene rings is 2. The molecule has 0 aliphatic heterocycles. The standard InChI is InChI=1S/C21H21FN4O2S/c1-3-26-19(14(2)23-20(28)16-7-5-4-6-8-16)24-25-21(26)29-13-18(27)15-9-11-17(22)12-10-15/h4-12,14H,3,13H2,1-2H3,(H,23,28)/t14-/m0/s1. The summed E-state index contributed by atoms with van der Waals surface area (Å²) in [4.78, 5) is 24.7. The van der Waals surface area contributed by atoms with Crippen molar-refractivity contribution >= 4 is 23.5 Å². The van der Waals surface area contributed by atoms with Gasteiger partial charge in [0.1, 0.15) is 5.82 Å². The second-order valence-electron chi connectivity index (χ2n) is 6.36. The highest BCUT2D eigenvalue weighted by atomic mass is 32.2. The fraction of sp³-hybridized carbons (Fsp3) is 0.238. The highest BCUT2D eigenvalue weighted by Crippen LogP contribution is 2.22. The van der Waals surface area contributed by atoms with Gasteiger partial charge in [-0.25, -0.2) is 4.39 Å². The Hall–Kier alpha value is -3.00. The summed E-state index contributed by atoms with van der Waals surface area (Å²) in [5.41, 5.74) is 1.02. The van der Waals surface area contributed by atoms with Crippen molar-refractivity contribution in [3.8, 4) is 0 Å². The summed E-state index contributed by atoms with van der Waals surface area (Å²) in [6.45, 7) is 4.39. The molecule has 1 heterocycles. The third kappa shape index (κ3) is 5.08. The fourth-order valence-corrected chi connectivity index (χ4v) is 3.71. The number of amides is 1. The lowest BCUT2D eigenvalue weighted by atomic mass is 10.1. The van der Waals surface area contributed by atoms with Gasteiger partial charge in [0.25, 0.3) is 5.91 Å². The minimum Gasteiger partial charge on any atom is -0.342 e. The number of nitrogens with one attached hydrogen (secondary N) is 1. The molecular weight excluding hydrogens is 391 g/mol. The number of Topliss-reactive ketones (excluding diaryl/α,β-unsaturated/α-hetero) is 1. The van der Waals surface area contributed by atoms with Crippen LogP contribution in [0.1, 0.15) is 46.4 Å². The molecule has 2 aromatic carbocycles. The van der Waals surface area contributed by atoms with E-state index in [-0.39, 0.29) is 29.3 Å². The lowest BCUT2D eigenvalue weighted by molar-refractivity contribution is 0.0936. The van der Waals surface area contributed by atoms with E-state index in [9.17, 15) is 14.0 Å². The number of ketones is 1. The summed E-state index contributed by atoms with van der Waals surface area (Å²) < 4.78 is 14.9. The molecule has 0 saturated carbocycles. The molecule has 0 unspecified atom stereocenters. The van der Waals surface area contributed by atoms with Crippen molar-refractivity contribution in [3.63, 3.8) is 0 Å². The molecule has 1 amide bonds. The highest BCUT2D eigenvalue weighted by molar-refractivity contribution is 7.99. The Morgan fingerprint density at radius 3 is 2.41 bits per heavy atom. The summed E-state index contributed by atoms with van der Waals surface area (Å²) in [5.74, 6) is 0.0934. The van der Waals surface area contributed by atoms with Crippen LogP contribution in [-0.2, 0) is 6.54 Å². The molecule has 150 valence electrons. The summed E-state index contributed by atoms with van der Waals surface area (Å²) in [6, 6.07) is 14.1. The Morgan fingerprint density at radius 1 is 1.07 bits per heavy atom. The van der Waals surface area contributed by atoms with E-state index in [0.717, 1.165) is 0 Å². The number of thioether (sulfide) groups is 1. The van der Waals surface area contributed by atoms with Gasteiger partial charge in [-0.3, -0.25) is 9.59 Å². The first kappa shape index (κ1) is 20.7. The van der Waals surface area contributed by atoms with Crippen molar-refractivity contribution in [2.45, 2.75) is 31.6 Å². The van der Waals surface area contributed by atoms with E-state index in [2.05, 4.69) is 15.5 Å². The molecule has 29 heavy (non-hydrogen) atoms. The van der Waals surface area contributed by atoms with Crippen molar-refractivity contribution in [2.24, 2.45) is 0 Å². The van der Waals surface area contributed by atoms with E-state index in [1.807, 2.05) is 24.5 Å². The van der Waals surface area contributed by atoms with Gasteiger partial charge in [-0.05, 0) is 50.2 Å². The van der Waals surface area contributed by atoms with E-state index < -0.39 is 0 Å². The van der Waals surface area contributed by atoms with Gasteiger partial charge < -0.3 is 9.88 Å². The van der Waals surface area contributed by atoms with Crippen LogP contribution < -0.4 is 5.32 Å². The first-order valence-corrected chi connectivity index (χ1v) is 10.2. The Balaban J connectivity index is 1.67. The van der Waals surface area contributed by atoms with Crippen LogP contribution in [-0.4, -0.2) is 32.2 Å². The summed E-state index contributed by atoms with van der Waals surface area (Å²) in [6.07, 6.45) is 0. The molecule has 0 aliphatic rings. The summed E-state index contributed by atoms with van der Waals surface area (Å²) in [7, 11) is 0. The molecule has 0 saturated heterocycles. The van der Waals surface area contributed by atoms with Crippen molar-refractivity contribution in [2.75, 3.05) is 5.75 Å². The van der Waals surface area contributed by atoms with Crippen molar-refractivity contribution in [3.05, 3.63) is 77.4 Å². The number of aromatic nitrogens is 3.